The maximum atomic E-state index is 12.8. The molecule has 0 bridgehead atoms. The topological polar surface area (TPSA) is 41.1 Å². The van der Waals surface area contributed by atoms with Crippen LogP contribution in [0.5, 0.6) is 0 Å². The van der Waals surface area contributed by atoms with Crippen molar-refractivity contribution in [1.82, 2.24) is 9.38 Å². The Morgan fingerprint density at radius 1 is 1.22 bits per heavy atom. The Bertz CT molecular complexity index is 917. The van der Waals surface area contributed by atoms with Crippen LogP contribution >= 0.6 is 0 Å². The summed E-state index contributed by atoms with van der Waals surface area (Å²) in [6, 6.07) is 11.9. The lowest BCUT2D eigenvalue weighted by Crippen LogP contribution is -2.06. The summed E-state index contributed by atoms with van der Waals surface area (Å²) < 4.78 is 39.7. The summed E-state index contributed by atoms with van der Waals surface area (Å²) in [7, 11) is 0. The van der Waals surface area contributed by atoms with Gasteiger partial charge in [0.25, 0.3) is 0 Å². The molecule has 0 atom stereocenters. The molecule has 1 aromatic carbocycles. The average Bonchev–Trinajstić information content (AvgIpc) is 2.82. The Balaban J connectivity index is 2.10. The molecule has 0 amide bonds. The summed E-state index contributed by atoms with van der Waals surface area (Å²) in [6.07, 6.45) is -3.14. The molecule has 0 aliphatic carbocycles. The minimum Gasteiger partial charge on any atom is -0.290 e. The lowest BCUT2D eigenvalue weighted by Gasteiger charge is -2.06. The molecule has 3 rings (SSSR count). The maximum Gasteiger partial charge on any atom is 0.417 e. The fourth-order valence-electron chi connectivity index (χ4n) is 2.52. The molecule has 0 unspecified atom stereocenters. The van der Waals surface area contributed by atoms with Gasteiger partial charge in [0.15, 0.2) is 0 Å². The lowest BCUT2D eigenvalue weighted by atomic mass is 10.1. The SMILES string of the molecule is Cc1cccc(Cc2nc3ccc(C(F)(F)F)cn3c2C#N)c1. The number of aromatic nitrogens is 2. The van der Waals surface area contributed by atoms with E-state index < -0.39 is 11.7 Å². The predicted molar refractivity (Wildman–Crippen MR) is 78.9 cm³/mol. The van der Waals surface area contributed by atoms with Crippen molar-refractivity contribution in [3.05, 3.63) is 70.7 Å². The quantitative estimate of drug-likeness (QED) is 0.713. The van der Waals surface area contributed by atoms with Gasteiger partial charge in [0.2, 0.25) is 0 Å². The number of benzene rings is 1. The molecule has 0 saturated carbocycles. The minimum absolute atomic E-state index is 0.132. The molecular formula is C17H12F3N3. The largest absolute Gasteiger partial charge is 0.417 e. The van der Waals surface area contributed by atoms with E-state index in [4.69, 9.17) is 0 Å². The number of fused-ring (bicyclic) bond motifs is 1. The molecule has 0 spiro atoms. The zero-order valence-corrected chi connectivity index (χ0v) is 12.2. The highest BCUT2D eigenvalue weighted by molar-refractivity contribution is 5.49. The van der Waals surface area contributed by atoms with Gasteiger partial charge in [-0.05, 0) is 24.6 Å². The van der Waals surface area contributed by atoms with E-state index in [0.717, 1.165) is 23.4 Å². The van der Waals surface area contributed by atoms with Crippen LogP contribution in [0.4, 0.5) is 13.2 Å². The normalized spacial score (nSPS) is 11.6. The minimum atomic E-state index is -4.46. The van der Waals surface area contributed by atoms with E-state index in [1.54, 1.807) is 0 Å². The molecular weight excluding hydrogens is 303 g/mol. The van der Waals surface area contributed by atoms with Crippen molar-refractivity contribution in [3.8, 4) is 6.07 Å². The first-order chi connectivity index (χ1) is 10.9. The van der Waals surface area contributed by atoms with Gasteiger partial charge < -0.3 is 0 Å². The summed E-state index contributed by atoms with van der Waals surface area (Å²) in [5.74, 6) is 0. The van der Waals surface area contributed by atoms with E-state index in [-0.39, 0.29) is 5.69 Å². The number of pyridine rings is 1. The van der Waals surface area contributed by atoms with Crippen molar-refractivity contribution in [2.75, 3.05) is 0 Å². The number of hydrogen-bond acceptors (Lipinski definition) is 2. The monoisotopic (exact) mass is 315 g/mol. The van der Waals surface area contributed by atoms with E-state index in [0.29, 0.717) is 17.8 Å². The number of halogens is 3. The van der Waals surface area contributed by atoms with Gasteiger partial charge in [-0.3, -0.25) is 4.40 Å². The third-order valence-electron chi connectivity index (χ3n) is 3.58. The number of nitriles is 1. The Kier molecular flexibility index (Phi) is 3.57. The van der Waals surface area contributed by atoms with Crippen LogP contribution in [0.2, 0.25) is 0 Å². The lowest BCUT2D eigenvalue weighted by molar-refractivity contribution is -0.137. The molecule has 0 N–H and O–H groups in total. The smallest absolute Gasteiger partial charge is 0.290 e. The average molecular weight is 315 g/mol. The molecule has 6 heteroatoms. The van der Waals surface area contributed by atoms with Gasteiger partial charge in [-0.15, -0.1) is 0 Å². The third kappa shape index (κ3) is 2.90. The molecule has 0 fully saturated rings. The second kappa shape index (κ2) is 5.43. The van der Waals surface area contributed by atoms with Gasteiger partial charge >= 0.3 is 6.18 Å². The van der Waals surface area contributed by atoms with E-state index in [9.17, 15) is 18.4 Å². The molecule has 23 heavy (non-hydrogen) atoms. The Labute approximate surface area is 130 Å². The number of alkyl halides is 3. The molecule has 0 radical (unpaired) electrons. The van der Waals surface area contributed by atoms with Crippen molar-refractivity contribution in [2.24, 2.45) is 0 Å². The van der Waals surface area contributed by atoms with Crippen LogP contribution in [0.3, 0.4) is 0 Å². The summed E-state index contributed by atoms with van der Waals surface area (Å²) in [6.45, 7) is 1.95. The Hall–Kier alpha value is -2.81. The molecule has 2 aromatic heterocycles. The summed E-state index contributed by atoms with van der Waals surface area (Å²) in [5, 5.41) is 9.34. The zero-order chi connectivity index (χ0) is 16.6. The standard InChI is InChI=1S/C17H12F3N3/c1-11-3-2-4-12(7-11)8-14-15(9-21)23-10-13(17(18,19)20)5-6-16(23)22-14/h2-7,10H,8H2,1H3. The number of aryl methyl sites for hydroxylation is 1. The van der Waals surface area contributed by atoms with Crippen molar-refractivity contribution < 1.29 is 13.2 Å². The molecule has 116 valence electrons. The van der Waals surface area contributed by atoms with E-state index >= 15 is 0 Å². The van der Waals surface area contributed by atoms with Gasteiger partial charge in [0, 0.05) is 12.6 Å². The fraction of sp³-hybridized carbons (Fsp3) is 0.176. The molecule has 0 saturated heterocycles. The summed E-state index contributed by atoms with van der Waals surface area (Å²) >= 11 is 0. The Morgan fingerprint density at radius 3 is 2.65 bits per heavy atom. The van der Waals surface area contributed by atoms with Crippen LogP contribution in [0.1, 0.15) is 28.1 Å². The number of nitrogens with zero attached hydrogens (tertiary/aromatic N) is 3. The van der Waals surface area contributed by atoms with Crippen molar-refractivity contribution >= 4 is 5.65 Å². The van der Waals surface area contributed by atoms with Crippen LogP contribution in [-0.2, 0) is 12.6 Å². The third-order valence-corrected chi connectivity index (χ3v) is 3.58. The number of rotatable bonds is 2. The molecule has 2 heterocycles. The zero-order valence-electron chi connectivity index (χ0n) is 12.2. The number of hydrogen-bond donors (Lipinski definition) is 0. The van der Waals surface area contributed by atoms with Crippen LogP contribution < -0.4 is 0 Å². The van der Waals surface area contributed by atoms with Crippen LogP contribution in [0.15, 0.2) is 42.6 Å². The summed E-state index contributed by atoms with van der Waals surface area (Å²) in [5.41, 5.74) is 2.16. The van der Waals surface area contributed by atoms with E-state index in [2.05, 4.69) is 4.98 Å². The van der Waals surface area contributed by atoms with Gasteiger partial charge in [-0.1, -0.05) is 29.8 Å². The fourth-order valence-corrected chi connectivity index (χ4v) is 2.52. The molecule has 0 aliphatic heterocycles. The second-order valence-electron chi connectivity index (χ2n) is 5.33. The van der Waals surface area contributed by atoms with Crippen LogP contribution in [-0.4, -0.2) is 9.38 Å². The van der Waals surface area contributed by atoms with Crippen molar-refractivity contribution in [2.45, 2.75) is 19.5 Å². The highest BCUT2D eigenvalue weighted by atomic mass is 19.4. The summed E-state index contributed by atoms with van der Waals surface area (Å²) in [4.78, 5) is 4.30. The predicted octanol–water partition coefficient (Wildman–Crippen LogP) is 4.12. The number of imidazole rings is 1. The van der Waals surface area contributed by atoms with E-state index in [1.807, 2.05) is 37.3 Å². The highest BCUT2D eigenvalue weighted by Crippen LogP contribution is 2.30. The van der Waals surface area contributed by atoms with Crippen molar-refractivity contribution in [3.63, 3.8) is 0 Å². The van der Waals surface area contributed by atoms with E-state index in [1.165, 1.54) is 10.5 Å². The van der Waals surface area contributed by atoms with Crippen LogP contribution in [0, 0.1) is 18.3 Å². The van der Waals surface area contributed by atoms with Gasteiger partial charge in [-0.25, -0.2) is 4.98 Å². The molecule has 0 aliphatic rings. The van der Waals surface area contributed by atoms with Gasteiger partial charge in [0.05, 0.1) is 11.3 Å². The first kappa shape index (κ1) is 15.1. The Morgan fingerprint density at radius 2 is 2.00 bits per heavy atom. The molecule has 3 nitrogen and oxygen atoms in total. The maximum absolute atomic E-state index is 12.8. The first-order valence-corrected chi connectivity index (χ1v) is 6.92. The second-order valence-corrected chi connectivity index (χ2v) is 5.33. The van der Waals surface area contributed by atoms with Gasteiger partial charge in [0.1, 0.15) is 17.4 Å². The van der Waals surface area contributed by atoms with Gasteiger partial charge in [-0.2, -0.15) is 18.4 Å². The molecule has 3 aromatic rings. The van der Waals surface area contributed by atoms with Crippen molar-refractivity contribution in [1.29, 1.82) is 5.26 Å². The first-order valence-electron chi connectivity index (χ1n) is 6.92. The highest BCUT2D eigenvalue weighted by Gasteiger charge is 2.31. The van der Waals surface area contributed by atoms with Crippen LogP contribution in [0.25, 0.3) is 5.65 Å².